The quantitative estimate of drug-likeness (QED) is 0.805. The molecule has 0 unspecified atom stereocenters. The minimum atomic E-state index is -2.96. The van der Waals surface area contributed by atoms with Gasteiger partial charge in [-0.15, -0.1) is 0 Å². The Labute approximate surface area is 172 Å². The van der Waals surface area contributed by atoms with Gasteiger partial charge in [-0.3, -0.25) is 0 Å². The van der Waals surface area contributed by atoms with E-state index >= 15 is 0 Å². The Morgan fingerprint density at radius 3 is 2.63 bits per heavy atom. The summed E-state index contributed by atoms with van der Waals surface area (Å²) in [4.78, 5) is 13.7. The van der Waals surface area contributed by atoms with E-state index in [9.17, 15) is 8.78 Å². The third kappa shape index (κ3) is 2.94. The fourth-order valence-corrected chi connectivity index (χ4v) is 5.28. The van der Waals surface area contributed by atoms with Gasteiger partial charge in [0, 0.05) is 42.6 Å². The number of pyridine rings is 2. The van der Waals surface area contributed by atoms with E-state index in [0.717, 1.165) is 43.5 Å². The average molecular weight is 415 g/mol. The summed E-state index contributed by atoms with van der Waals surface area (Å²) in [5, 5.41) is 0. The number of hydrogen-bond acceptors (Lipinski definition) is 7. The maximum atomic E-state index is 12.8. The molecule has 2 atom stereocenters. The zero-order valence-corrected chi connectivity index (χ0v) is 16.4. The number of morpholine rings is 1. The first-order valence-electron chi connectivity index (χ1n) is 10.4. The minimum absolute atomic E-state index is 0.0650. The van der Waals surface area contributed by atoms with Gasteiger partial charge in [-0.1, -0.05) is 0 Å². The number of ether oxygens (including phenoxy) is 2. The summed E-state index contributed by atoms with van der Waals surface area (Å²) in [6.07, 6.45) is 5.32. The molecule has 0 amide bonds. The highest BCUT2D eigenvalue weighted by atomic mass is 19.3. The number of nitrogens with two attached hydrogens (primary N) is 1. The molecule has 30 heavy (non-hydrogen) atoms. The number of nitrogen functional groups attached to an aromatic ring is 1. The van der Waals surface area contributed by atoms with Crippen LogP contribution >= 0.6 is 0 Å². The van der Waals surface area contributed by atoms with Crippen LogP contribution in [0.25, 0.3) is 11.3 Å². The maximum Gasteiger partial charge on any atom is 0.387 e. The van der Waals surface area contributed by atoms with Crippen molar-refractivity contribution >= 4 is 17.3 Å². The highest BCUT2D eigenvalue weighted by Crippen LogP contribution is 2.44. The maximum absolute atomic E-state index is 12.8. The van der Waals surface area contributed by atoms with Gasteiger partial charge >= 0.3 is 6.61 Å². The molecule has 7 nitrogen and oxygen atoms in total. The molecule has 5 aliphatic rings. The lowest BCUT2D eigenvalue weighted by molar-refractivity contribution is -0.0494. The second-order valence-electron chi connectivity index (χ2n) is 8.70. The lowest BCUT2D eigenvalue weighted by atomic mass is 9.86. The first kappa shape index (κ1) is 18.1. The standard InChI is InChI=1S/C21H23F2N5O2/c22-21(23)30-18-3-12(7-25-20(18)24)17-5-14(27-9-16-4-15(27)10-29-16)6-19(26-17)28-8-11-1-13(28)2-11/h3,5-7,11,13,15-16,21H,1-2,4,8-10H2,(H2,24,25)/t11?,13?,15-,16-/m0/s1. The highest BCUT2D eigenvalue weighted by Gasteiger charge is 2.44. The van der Waals surface area contributed by atoms with Crippen LogP contribution in [0.2, 0.25) is 0 Å². The van der Waals surface area contributed by atoms with Crippen LogP contribution in [0.1, 0.15) is 19.3 Å². The van der Waals surface area contributed by atoms with Gasteiger partial charge < -0.3 is 25.0 Å². The molecule has 1 saturated carbocycles. The van der Waals surface area contributed by atoms with Gasteiger partial charge in [0.05, 0.1) is 24.4 Å². The molecule has 4 aliphatic heterocycles. The Kier molecular flexibility index (Phi) is 4.02. The smallest absolute Gasteiger partial charge is 0.387 e. The Morgan fingerprint density at radius 2 is 1.97 bits per heavy atom. The predicted molar refractivity (Wildman–Crippen MR) is 108 cm³/mol. The zero-order valence-electron chi connectivity index (χ0n) is 16.4. The molecule has 0 spiro atoms. The molecule has 0 aromatic carbocycles. The average Bonchev–Trinajstić information content (AvgIpc) is 3.48. The molecule has 7 rings (SSSR count). The van der Waals surface area contributed by atoms with Gasteiger partial charge in [-0.25, -0.2) is 9.97 Å². The number of aromatic nitrogens is 2. The van der Waals surface area contributed by atoms with Crippen LogP contribution in [0.5, 0.6) is 5.75 Å². The topological polar surface area (TPSA) is 76.7 Å². The van der Waals surface area contributed by atoms with E-state index < -0.39 is 6.61 Å². The highest BCUT2D eigenvalue weighted by molar-refractivity contribution is 5.72. The van der Waals surface area contributed by atoms with Crippen molar-refractivity contribution in [1.82, 2.24) is 9.97 Å². The van der Waals surface area contributed by atoms with Crippen molar-refractivity contribution in [2.24, 2.45) is 5.92 Å². The van der Waals surface area contributed by atoms with E-state index in [-0.39, 0.29) is 17.7 Å². The molecule has 2 aromatic heterocycles. The summed E-state index contributed by atoms with van der Waals surface area (Å²) >= 11 is 0. The molecule has 6 heterocycles. The van der Waals surface area contributed by atoms with E-state index in [0.29, 0.717) is 23.3 Å². The Balaban J connectivity index is 1.41. The normalized spacial score (nSPS) is 29.0. The van der Waals surface area contributed by atoms with Gasteiger partial charge in [0.1, 0.15) is 5.82 Å². The number of hydrogen-bond donors (Lipinski definition) is 1. The fourth-order valence-electron chi connectivity index (χ4n) is 5.28. The molecule has 4 saturated heterocycles. The summed E-state index contributed by atoms with van der Waals surface area (Å²) < 4.78 is 35.8. The van der Waals surface area contributed by atoms with Crippen molar-refractivity contribution in [3.8, 4) is 17.0 Å². The Bertz CT molecular complexity index is 984. The lowest BCUT2D eigenvalue weighted by Gasteiger charge is -2.31. The van der Waals surface area contributed by atoms with Crippen molar-refractivity contribution < 1.29 is 18.3 Å². The number of rotatable bonds is 5. The first-order valence-corrected chi connectivity index (χ1v) is 10.4. The summed E-state index contributed by atoms with van der Waals surface area (Å²) in [5.41, 5.74) is 8.09. The van der Waals surface area contributed by atoms with Gasteiger partial charge in [-0.2, -0.15) is 8.78 Å². The van der Waals surface area contributed by atoms with Crippen LogP contribution in [-0.4, -0.2) is 54.5 Å². The molecule has 158 valence electrons. The molecule has 5 fully saturated rings. The van der Waals surface area contributed by atoms with Gasteiger partial charge in [0.2, 0.25) is 0 Å². The van der Waals surface area contributed by atoms with Crippen LogP contribution < -0.4 is 20.3 Å². The molecule has 0 radical (unpaired) electrons. The van der Waals surface area contributed by atoms with Crippen molar-refractivity contribution in [2.45, 2.75) is 44.1 Å². The van der Waals surface area contributed by atoms with Crippen molar-refractivity contribution in [2.75, 3.05) is 35.2 Å². The first-order chi connectivity index (χ1) is 14.5. The van der Waals surface area contributed by atoms with E-state index in [4.69, 9.17) is 15.5 Å². The van der Waals surface area contributed by atoms with Gasteiger partial charge in [0.25, 0.3) is 0 Å². The summed E-state index contributed by atoms with van der Waals surface area (Å²) in [6, 6.07) is 6.57. The molecule has 1 aliphatic carbocycles. The molecule has 4 bridgehead atoms. The molecule has 9 heteroatoms. The van der Waals surface area contributed by atoms with Crippen LogP contribution in [0, 0.1) is 5.92 Å². The molecule has 2 N–H and O–H groups in total. The largest absolute Gasteiger partial charge is 0.431 e. The SMILES string of the molecule is Nc1ncc(-c2cc(N3C[C@@H]4C[C@H]3CO4)cc(N3CC4CC3C4)n2)cc1OC(F)F. The van der Waals surface area contributed by atoms with Crippen molar-refractivity contribution in [3.05, 3.63) is 24.4 Å². The van der Waals surface area contributed by atoms with E-state index in [1.54, 1.807) is 6.20 Å². The Hall–Kier alpha value is -2.68. The third-order valence-corrected chi connectivity index (χ3v) is 6.82. The molecular weight excluding hydrogens is 392 g/mol. The van der Waals surface area contributed by atoms with E-state index in [1.807, 2.05) is 6.07 Å². The summed E-state index contributed by atoms with van der Waals surface area (Å²) in [5.74, 6) is 1.49. The van der Waals surface area contributed by atoms with E-state index in [2.05, 4.69) is 25.6 Å². The van der Waals surface area contributed by atoms with Crippen molar-refractivity contribution in [3.63, 3.8) is 0 Å². The minimum Gasteiger partial charge on any atom is -0.431 e. The number of fused-ring (bicyclic) bond motifs is 3. The number of nitrogens with zero attached hydrogens (tertiary/aromatic N) is 4. The predicted octanol–water partition coefficient (Wildman–Crippen LogP) is 2.90. The molecular formula is C21H23F2N5O2. The summed E-state index contributed by atoms with van der Waals surface area (Å²) in [7, 11) is 0. The zero-order chi connectivity index (χ0) is 20.4. The Morgan fingerprint density at radius 1 is 1.10 bits per heavy atom. The van der Waals surface area contributed by atoms with Crippen LogP contribution in [0.4, 0.5) is 26.1 Å². The number of halogens is 2. The van der Waals surface area contributed by atoms with Crippen LogP contribution in [0.15, 0.2) is 24.4 Å². The van der Waals surface area contributed by atoms with Crippen LogP contribution in [-0.2, 0) is 4.74 Å². The monoisotopic (exact) mass is 415 g/mol. The van der Waals surface area contributed by atoms with Gasteiger partial charge in [0.15, 0.2) is 11.6 Å². The fraction of sp³-hybridized carbons (Fsp3) is 0.524. The van der Waals surface area contributed by atoms with Crippen molar-refractivity contribution in [1.29, 1.82) is 0 Å². The van der Waals surface area contributed by atoms with E-state index in [1.165, 1.54) is 18.9 Å². The van der Waals surface area contributed by atoms with Gasteiger partial charge in [-0.05, 0) is 37.3 Å². The number of alkyl halides is 2. The number of anilines is 3. The summed E-state index contributed by atoms with van der Waals surface area (Å²) in [6.45, 7) is -0.341. The third-order valence-electron chi connectivity index (χ3n) is 6.82. The van der Waals surface area contributed by atoms with Crippen LogP contribution in [0.3, 0.4) is 0 Å². The second kappa shape index (κ2) is 6.66. The molecule has 2 aromatic rings. The second-order valence-corrected chi connectivity index (χ2v) is 8.70. The lowest BCUT2D eigenvalue weighted by Crippen LogP contribution is -2.37.